The number of thioether (sulfide) groups is 1. The van der Waals surface area contributed by atoms with E-state index in [9.17, 15) is 41.6 Å². The van der Waals surface area contributed by atoms with Crippen LogP contribution < -0.4 is 40.5 Å². The van der Waals surface area contributed by atoms with Crippen molar-refractivity contribution in [2.24, 2.45) is 20.5 Å². The average molecular weight is 1310 g/mol. The molecule has 0 amide bonds. The van der Waals surface area contributed by atoms with Crippen LogP contribution in [0.1, 0.15) is 48.6 Å². The fraction of sp³-hybridized carbons (Fsp3) is 0.281. The Hall–Kier alpha value is -9.68. The Morgan fingerprint density at radius 1 is 0.644 bits per heavy atom. The second-order valence-electron chi connectivity index (χ2n) is 18.4. The van der Waals surface area contributed by atoms with Crippen molar-refractivity contribution in [3.8, 4) is 23.6 Å². The molecular formula is C57H59N19O9S5. The monoisotopic (exact) mass is 1310 g/mol. The van der Waals surface area contributed by atoms with E-state index in [2.05, 4.69) is 71.2 Å². The molecule has 0 fully saturated rings. The van der Waals surface area contributed by atoms with E-state index in [0.717, 1.165) is 45.6 Å². The number of nitriles is 2. The van der Waals surface area contributed by atoms with Crippen molar-refractivity contribution in [1.82, 2.24) is 24.9 Å². The van der Waals surface area contributed by atoms with Gasteiger partial charge in [-0.25, -0.2) is 20.2 Å². The number of anilines is 8. The minimum atomic E-state index is -4.37. The third-order valence-electron chi connectivity index (χ3n) is 12.9. The molecule has 0 spiro atoms. The number of hydrogen-bond acceptors (Lipinski definition) is 27. The van der Waals surface area contributed by atoms with Crippen LogP contribution >= 0.6 is 34.4 Å². The summed E-state index contributed by atoms with van der Waals surface area (Å²) in [6, 6.07) is 22.2. The molecule has 7 N–H and O–H groups in total. The van der Waals surface area contributed by atoms with E-state index in [0.29, 0.717) is 108 Å². The van der Waals surface area contributed by atoms with Crippen LogP contribution in [-0.4, -0.2) is 122 Å². The van der Waals surface area contributed by atoms with Crippen molar-refractivity contribution in [3.63, 3.8) is 0 Å². The second-order valence-corrected chi connectivity index (χ2v) is 24.4. The first-order valence-corrected chi connectivity index (χ1v) is 32.7. The number of aliphatic hydroxyl groups is 1. The lowest BCUT2D eigenvalue weighted by atomic mass is 10.1. The van der Waals surface area contributed by atoms with Crippen LogP contribution in [0.3, 0.4) is 0 Å². The zero-order chi connectivity index (χ0) is 65.0. The summed E-state index contributed by atoms with van der Waals surface area (Å²) in [5, 5.41) is 61.2. The summed E-state index contributed by atoms with van der Waals surface area (Å²) in [5.74, 6) is 1.83. The van der Waals surface area contributed by atoms with Crippen LogP contribution in [0.5, 0.6) is 11.5 Å². The van der Waals surface area contributed by atoms with Crippen LogP contribution in [0.25, 0.3) is 21.8 Å². The third-order valence-corrected chi connectivity index (χ3v) is 17.2. The topological polar surface area (TPSA) is 372 Å². The molecule has 0 aliphatic carbocycles. The summed E-state index contributed by atoms with van der Waals surface area (Å²) in [6.45, 7) is 25.8. The van der Waals surface area contributed by atoms with Gasteiger partial charge in [-0.2, -0.15) is 41.8 Å². The molecule has 28 nitrogen and oxygen atoms in total. The highest BCUT2D eigenvalue weighted by Crippen LogP contribution is 2.44. The van der Waals surface area contributed by atoms with Crippen molar-refractivity contribution in [2.75, 3.05) is 96.9 Å². The number of aliphatic hydroxyl groups excluding tert-OH is 1. The maximum absolute atomic E-state index is 11.6. The van der Waals surface area contributed by atoms with Gasteiger partial charge in [0.1, 0.15) is 34.5 Å². The summed E-state index contributed by atoms with van der Waals surface area (Å²) < 4.78 is 77.0. The Morgan fingerprint density at radius 3 is 1.38 bits per heavy atom. The molecule has 466 valence electrons. The molecule has 0 aliphatic heterocycles. The number of azo groups is 2. The summed E-state index contributed by atoms with van der Waals surface area (Å²) in [7, 11) is -5.69. The third kappa shape index (κ3) is 18.2. The van der Waals surface area contributed by atoms with E-state index in [-0.39, 0.29) is 72.2 Å². The van der Waals surface area contributed by atoms with Gasteiger partial charge in [0.05, 0.1) is 88.4 Å². The lowest BCUT2D eigenvalue weighted by Gasteiger charge is -2.25. The Kier molecular flexibility index (Phi) is 24.1. The molecule has 7 aromatic rings. The Balaban J connectivity index is 1.26. The molecule has 0 aliphatic rings. The number of hydrogen-bond donors (Lipinski definition) is 7. The van der Waals surface area contributed by atoms with Gasteiger partial charge in [0.2, 0.25) is 22.2 Å². The normalized spacial score (nSPS) is 11.8. The van der Waals surface area contributed by atoms with Crippen molar-refractivity contribution < 1.29 is 40.5 Å². The SMILES string of the molecule is [C-]#[N+]/C(C#N)=C\c1sc(/N=N/c2cc(OC)c(N(CC)CC)cc2Nc2nc(Nc3cc(N(CC)CC)c(OC)cc3/N=N/c3nc(NCCc4ccc(S(=O)(=O)O)cc4)c(/C=C(\C#N)[N+]#[C-])s3)nc(SCCO)n2)nc1NCCc1ccc(S(=O)(=O)O)cc1. The van der Waals surface area contributed by atoms with E-state index in [4.69, 9.17) is 37.6 Å². The maximum Gasteiger partial charge on any atom is 0.294 e. The molecule has 4 aromatic carbocycles. The van der Waals surface area contributed by atoms with E-state index in [1.807, 2.05) is 52.0 Å². The molecule has 7 rings (SSSR count). The number of methoxy groups -OCH3 is 2. The fourth-order valence-electron chi connectivity index (χ4n) is 8.44. The number of rotatable bonds is 31. The molecular weight excluding hydrogens is 1260 g/mol. The molecule has 0 unspecified atom stereocenters. The first-order valence-electron chi connectivity index (χ1n) is 27.2. The molecule has 0 radical (unpaired) electrons. The van der Waals surface area contributed by atoms with Gasteiger partial charge < -0.3 is 45.6 Å². The van der Waals surface area contributed by atoms with Gasteiger partial charge in [0.15, 0.2) is 5.16 Å². The van der Waals surface area contributed by atoms with Gasteiger partial charge in [-0.1, -0.05) is 58.7 Å². The van der Waals surface area contributed by atoms with E-state index in [1.165, 1.54) is 50.6 Å². The zero-order valence-electron chi connectivity index (χ0n) is 49.2. The lowest BCUT2D eigenvalue weighted by molar-refractivity contribution is 0.322. The molecule has 90 heavy (non-hydrogen) atoms. The van der Waals surface area contributed by atoms with Crippen molar-refractivity contribution in [3.05, 3.63) is 128 Å². The number of allylic oxidation sites excluding steroid dienone is 2. The summed E-state index contributed by atoms with van der Waals surface area (Å²) >= 11 is 3.28. The maximum atomic E-state index is 11.6. The quantitative estimate of drug-likeness (QED) is 0.00697. The number of aromatic nitrogens is 5. The smallest absolute Gasteiger partial charge is 0.294 e. The van der Waals surface area contributed by atoms with Crippen molar-refractivity contribution in [2.45, 2.75) is 55.5 Å². The van der Waals surface area contributed by atoms with Gasteiger partial charge in [-0.05, 0) is 100 Å². The Bertz CT molecular complexity index is 3940. The van der Waals surface area contributed by atoms with Gasteiger partial charge in [-0.3, -0.25) is 9.11 Å². The lowest BCUT2D eigenvalue weighted by Crippen LogP contribution is -2.22. The summed E-state index contributed by atoms with van der Waals surface area (Å²) in [6.07, 6.45) is 3.57. The second kappa shape index (κ2) is 32.0. The molecule has 33 heteroatoms. The standard InChI is InChI=1S/C57H59N19O9S5/c1-9-75(10-2)45-29-41(43(31-47(45)84-7)71-73-56-66-51(49(87-56)27-37(33-58)60-5)62-23-21-35-13-17-39(18-14-35)89(78,79)80)64-53-68-54(70-55(69-53)86-26-25-77)65-42-30-46(76(11-3)12-4)48(85-8)32-44(42)72-74-57-67-52(50(88-57)28-38(34-59)61-6)63-24-22-36-15-19-40(20-16-36)90(81,82)83/h13-20,27-32,62-63,77H,9-12,21-26H2,1-4,7-8H3,(H,78,79,80)(H,81,82,83)(H2,64,65,68,69,70)/b37-27-,38-28+,73-71+,74-72+. The van der Waals surface area contributed by atoms with E-state index >= 15 is 0 Å². The highest BCUT2D eigenvalue weighted by Gasteiger charge is 2.22. The first-order chi connectivity index (χ1) is 43.3. The van der Waals surface area contributed by atoms with Crippen LogP contribution in [0, 0.1) is 35.8 Å². The fourth-order valence-corrected chi connectivity index (χ4v) is 11.6. The number of thiazole rings is 2. The van der Waals surface area contributed by atoms with Gasteiger partial charge in [0, 0.05) is 57.2 Å². The van der Waals surface area contributed by atoms with E-state index in [1.54, 1.807) is 36.4 Å². The number of ether oxygens (including phenoxy) is 2. The van der Waals surface area contributed by atoms with Gasteiger partial charge >= 0.3 is 0 Å². The predicted molar refractivity (Wildman–Crippen MR) is 347 cm³/mol. The van der Waals surface area contributed by atoms with Crippen LogP contribution in [-0.2, 0) is 33.1 Å². The molecule has 0 atom stereocenters. The zero-order valence-corrected chi connectivity index (χ0v) is 53.3. The highest BCUT2D eigenvalue weighted by molar-refractivity contribution is 7.99. The minimum absolute atomic E-state index is 0.0411. The minimum Gasteiger partial charge on any atom is -0.494 e. The van der Waals surface area contributed by atoms with Crippen molar-refractivity contribution in [1.29, 1.82) is 10.5 Å². The highest BCUT2D eigenvalue weighted by atomic mass is 32.2. The number of nitrogens with one attached hydrogen (secondary N) is 4. The Labute approximate surface area is 532 Å². The van der Waals surface area contributed by atoms with Crippen LogP contribution in [0.15, 0.2) is 120 Å². The summed E-state index contributed by atoms with van der Waals surface area (Å²) in [4.78, 5) is 34.7. The number of benzene rings is 4. The van der Waals surface area contributed by atoms with Crippen molar-refractivity contribution >= 4 is 135 Å². The van der Waals surface area contributed by atoms with Gasteiger partial charge in [-0.15, -0.1) is 20.5 Å². The first kappa shape index (κ1) is 67.8. The van der Waals surface area contributed by atoms with Gasteiger partial charge in [0.25, 0.3) is 31.6 Å². The Morgan fingerprint density at radius 2 is 1.04 bits per heavy atom. The molecule has 0 saturated heterocycles. The van der Waals surface area contributed by atoms with E-state index < -0.39 is 20.2 Å². The molecule has 0 saturated carbocycles. The largest absolute Gasteiger partial charge is 0.494 e. The number of nitrogens with zero attached hydrogens (tertiary/aromatic N) is 15. The van der Waals surface area contributed by atoms with Crippen LogP contribution in [0.4, 0.5) is 67.9 Å². The molecule has 3 aromatic heterocycles. The average Bonchev–Trinajstić information content (AvgIpc) is 1.09. The van der Waals surface area contributed by atoms with Crippen LogP contribution in [0.2, 0.25) is 0 Å². The predicted octanol–water partition coefficient (Wildman–Crippen LogP) is 12.3. The molecule has 0 bridgehead atoms. The summed E-state index contributed by atoms with van der Waals surface area (Å²) in [5.41, 5.74) is 3.73. The molecule has 3 heterocycles.